The summed E-state index contributed by atoms with van der Waals surface area (Å²) in [5, 5.41) is 0.547. The monoisotopic (exact) mass is 632 g/mol. The number of halogens is 1. The molecule has 2 aliphatic heterocycles. The van der Waals surface area contributed by atoms with Crippen molar-refractivity contribution in [2.45, 2.75) is 39.5 Å². The highest BCUT2D eigenvalue weighted by atomic mass is 35.5. The topological polar surface area (TPSA) is 97.6 Å². The molecule has 0 bridgehead atoms. The molecule has 226 valence electrons. The van der Waals surface area contributed by atoms with E-state index in [1.165, 1.54) is 11.3 Å². The second-order valence-corrected chi connectivity index (χ2v) is 11.9. The van der Waals surface area contributed by atoms with Gasteiger partial charge in [0.15, 0.2) is 27.8 Å². The van der Waals surface area contributed by atoms with Crippen LogP contribution in [0.2, 0.25) is 5.02 Å². The Morgan fingerprint density at radius 1 is 1.09 bits per heavy atom. The molecule has 3 heterocycles. The molecule has 0 aliphatic carbocycles. The van der Waals surface area contributed by atoms with Crippen molar-refractivity contribution in [2.75, 3.05) is 13.9 Å². The van der Waals surface area contributed by atoms with Crippen LogP contribution >= 0.6 is 22.9 Å². The Morgan fingerprint density at radius 3 is 2.61 bits per heavy atom. The minimum atomic E-state index is -0.724. The predicted octanol–water partition coefficient (Wildman–Crippen LogP) is 5.16. The van der Waals surface area contributed by atoms with Gasteiger partial charge in [0.05, 0.1) is 35.1 Å². The zero-order chi connectivity index (χ0) is 31.0. The number of thiazole rings is 1. The first-order valence-corrected chi connectivity index (χ1v) is 15.1. The number of benzene rings is 3. The molecule has 0 saturated carbocycles. The summed E-state index contributed by atoms with van der Waals surface area (Å²) in [6.45, 7) is 5.82. The summed E-state index contributed by atoms with van der Waals surface area (Å²) in [4.78, 5) is 32.3. The number of hydrogen-bond acceptors (Lipinski definition) is 9. The van der Waals surface area contributed by atoms with Crippen molar-refractivity contribution in [3.05, 3.63) is 113 Å². The fourth-order valence-corrected chi connectivity index (χ4v) is 6.23. The molecule has 0 saturated heterocycles. The molecule has 4 aromatic rings. The van der Waals surface area contributed by atoms with Gasteiger partial charge in [-0.2, -0.15) is 0 Å². The van der Waals surface area contributed by atoms with Gasteiger partial charge in [0.2, 0.25) is 6.79 Å². The lowest BCUT2D eigenvalue weighted by atomic mass is 9.96. The van der Waals surface area contributed by atoms with Crippen LogP contribution < -0.4 is 33.8 Å². The van der Waals surface area contributed by atoms with E-state index in [4.69, 9.17) is 35.3 Å². The lowest BCUT2D eigenvalue weighted by Crippen LogP contribution is -2.40. The Morgan fingerprint density at radius 2 is 1.86 bits per heavy atom. The van der Waals surface area contributed by atoms with Crippen molar-refractivity contribution in [2.24, 2.45) is 4.99 Å². The molecular formula is C33H29ClN2O7S. The van der Waals surface area contributed by atoms with Gasteiger partial charge in [-0.3, -0.25) is 9.36 Å². The highest BCUT2D eigenvalue weighted by molar-refractivity contribution is 7.07. The Hall–Kier alpha value is -4.54. The quantitative estimate of drug-likeness (QED) is 0.248. The van der Waals surface area contributed by atoms with Crippen LogP contribution in [0.5, 0.6) is 23.0 Å². The first-order chi connectivity index (χ1) is 21.2. The molecule has 1 aromatic heterocycles. The van der Waals surface area contributed by atoms with Crippen molar-refractivity contribution in [1.29, 1.82) is 0 Å². The van der Waals surface area contributed by atoms with E-state index in [1.807, 2.05) is 24.3 Å². The van der Waals surface area contributed by atoms with Crippen LogP contribution in [0.15, 0.2) is 81.7 Å². The summed E-state index contributed by atoms with van der Waals surface area (Å²) in [5.74, 6) is 1.95. The van der Waals surface area contributed by atoms with E-state index in [9.17, 15) is 9.59 Å². The van der Waals surface area contributed by atoms with Gasteiger partial charge in [0.25, 0.3) is 5.56 Å². The zero-order valence-corrected chi connectivity index (χ0v) is 26.0. The molecule has 1 atom stereocenters. The molecule has 0 N–H and O–H groups in total. The average molecular weight is 633 g/mol. The van der Waals surface area contributed by atoms with E-state index >= 15 is 0 Å². The third-order valence-electron chi connectivity index (χ3n) is 7.09. The first kappa shape index (κ1) is 29.5. The van der Waals surface area contributed by atoms with Gasteiger partial charge in [-0.15, -0.1) is 0 Å². The van der Waals surface area contributed by atoms with Crippen molar-refractivity contribution in [3.63, 3.8) is 0 Å². The van der Waals surface area contributed by atoms with Crippen LogP contribution in [0.25, 0.3) is 6.08 Å². The third kappa shape index (κ3) is 5.82. The predicted molar refractivity (Wildman–Crippen MR) is 166 cm³/mol. The number of fused-ring (bicyclic) bond motifs is 2. The molecule has 0 fully saturated rings. The van der Waals surface area contributed by atoms with Gasteiger partial charge in [-0.25, -0.2) is 9.79 Å². The van der Waals surface area contributed by atoms with Crippen LogP contribution in [-0.4, -0.2) is 30.5 Å². The van der Waals surface area contributed by atoms with E-state index in [2.05, 4.69) is 4.99 Å². The first-order valence-electron chi connectivity index (χ1n) is 13.9. The SMILES string of the molecule is COc1cc(/C=c2\sc3n(c2=O)[C@H](c2ccc(Cl)cc2)C(C(=O)OC(C)C)=C(C)N=3)ccc1OCc1ccc2c(c1)OCO2. The van der Waals surface area contributed by atoms with Crippen LogP contribution in [-0.2, 0) is 16.1 Å². The molecule has 9 nitrogen and oxygen atoms in total. The standard InChI is InChI=1S/C33H29ClN2O7S/c1-18(2)43-32(38)29-19(3)35-33-36(30(29)22-7-9-23(34)10-8-22)31(37)28(44-33)15-20-5-11-24(26(13-20)39-4)40-16-21-6-12-25-27(14-21)42-17-41-25/h5-15,18,30H,16-17H2,1-4H3/b28-15-/t30-/m1/s1. The van der Waals surface area contributed by atoms with Crippen LogP contribution in [0.4, 0.5) is 0 Å². The minimum Gasteiger partial charge on any atom is -0.493 e. The second kappa shape index (κ2) is 12.2. The highest BCUT2D eigenvalue weighted by Crippen LogP contribution is 2.34. The molecule has 2 aliphatic rings. The fourth-order valence-electron chi connectivity index (χ4n) is 5.06. The van der Waals surface area contributed by atoms with E-state index in [0.717, 1.165) is 16.7 Å². The third-order valence-corrected chi connectivity index (χ3v) is 8.32. The number of hydrogen-bond donors (Lipinski definition) is 0. The van der Waals surface area contributed by atoms with Gasteiger partial charge in [-0.05, 0) is 79.9 Å². The van der Waals surface area contributed by atoms with E-state index in [-0.39, 0.29) is 18.5 Å². The number of nitrogens with zero attached hydrogens (tertiary/aromatic N) is 2. The number of rotatable bonds is 8. The Balaban J connectivity index is 1.34. The fraction of sp³-hybridized carbons (Fsp3) is 0.242. The number of carbonyl (C=O) groups is 1. The summed E-state index contributed by atoms with van der Waals surface area (Å²) in [6.07, 6.45) is 1.44. The maximum Gasteiger partial charge on any atom is 0.338 e. The molecular weight excluding hydrogens is 604 g/mol. The Bertz CT molecular complexity index is 1960. The summed E-state index contributed by atoms with van der Waals surface area (Å²) < 4.78 is 30.0. The average Bonchev–Trinajstić information content (AvgIpc) is 3.59. The van der Waals surface area contributed by atoms with E-state index in [0.29, 0.717) is 55.2 Å². The van der Waals surface area contributed by atoms with Gasteiger partial charge in [-0.1, -0.05) is 47.2 Å². The number of methoxy groups -OCH3 is 1. The van der Waals surface area contributed by atoms with E-state index in [1.54, 1.807) is 74.9 Å². The highest BCUT2D eigenvalue weighted by Gasteiger charge is 2.33. The summed E-state index contributed by atoms with van der Waals surface area (Å²) in [6, 6.07) is 17.5. The van der Waals surface area contributed by atoms with Crippen molar-refractivity contribution >= 4 is 35.0 Å². The van der Waals surface area contributed by atoms with Crippen LogP contribution in [0.3, 0.4) is 0 Å². The van der Waals surface area contributed by atoms with Crippen LogP contribution in [0, 0.1) is 0 Å². The largest absolute Gasteiger partial charge is 0.493 e. The summed E-state index contributed by atoms with van der Waals surface area (Å²) >= 11 is 7.40. The number of ether oxygens (including phenoxy) is 5. The van der Waals surface area contributed by atoms with Crippen molar-refractivity contribution in [3.8, 4) is 23.0 Å². The maximum atomic E-state index is 13.9. The number of carbonyl (C=O) groups excluding carboxylic acids is 1. The molecule has 0 spiro atoms. The normalized spacial score (nSPS) is 15.7. The smallest absolute Gasteiger partial charge is 0.338 e. The molecule has 0 amide bonds. The maximum absolute atomic E-state index is 13.9. The molecule has 0 radical (unpaired) electrons. The van der Waals surface area contributed by atoms with Crippen molar-refractivity contribution in [1.82, 2.24) is 4.57 Å². The number of aromatic nitrogens is 1. The van der Waals surface area contributed by atoms with Crippen molar-refractivity contribution < 1.29 is 28.5 Å². The number of allylic oxidation sites excluding steroid dienone is 1. The zero-order valence-electron chi connectivity index (χ0n) is 24.5. The second-order valence-electron chi connectivity index (χ2n) is 10.5. The van der Waals surface area contributed by atoms with E-state index < -0.39 is 12.0 Å². The lowest BCUT2D eigenvalue weighted by molar-refractivity contribution is -0.143. The minimum absolute atomic E-state index is 0.208. The molecule has 11 heteroatoms. The van der Waals surface area contributed by atoms with Gasteiger partial charge < -0.3 is 23.7 Å². The Kier molecular flexibility index (Phi) is 8.20. The molecule has 3 aromatic carbocycles. The number of esters is 1. The molecule has 44 heavy (non-hydrogen) atoms. The van der Waals surface area contributed by atoms with Crippen LogP contribution in [0.1, 0.15) is 43.5 Å². The van der Waals surface area contributed by atoms with Gasteiger partial charge in [0.1, 0.15) is 6.61 Å². The summed E-state index contributed by atoms with van der Waals surface area (Å²) in [7, 11) is 1.56. The van der Waals surface area contributed by atoms with Gasteiger partial charge >= 0.3 is 5.97 Å². The Labute approximate surface area is 262 Å². The van der Waals surface area contributed by atoms with Gasteiger partial charge in [0, 0.05) is 5.02 Å². The molecule has 0 unspecified atom stereocenters. The summed E-state index contributed by atoms with van der Waals surface area (Å²) in [5.41, 5.74) is 2.90. The lowest BCUT2D eigenvalue weighted by Gasteiger charge is -2.25. The molecule has 6 rings (SSSR count).